The van der Waals surface area contributed by atoms with Crippen LogP contribution in [0.2, 0.25) is 0 Å². The van der Waals surface area contributed by atoms with Crippen molar-refractivity contribution in [2.75, 3.05) is 12.4 Å². The van der Waals surface area contributed by atoms with Crippen molar-refractivity contribution in [2.24, 2.45) is 0 Å². The van der Waals surface area contributed by atoms with E-state index in [0.29, 0.717) is 11.4 Å². The quantitative estimate of drug-likeness (QED) is 0.518. The molecular weight excluding hydrogens is 460 g/mol. The molecule has 1 amide bonds. The van der Waals surface area contributed by atoms with Crippen LogP contribution < -0.4 is 5.32 Å². The normalized spacial score (nSPS) is 13.7. The minimum absolute atomic E-state index is 0.280. The summed E-state index contributed by atoms with van der Waals surface area (Å²) in [5.74, 6) is -0.337. The number of anilines is 1. The van der Waals surface area contributed by atoms with Gasteiger partial charge in [0.25, 0.3) is 5.91 Å². The molecule has 1 fully saturated rings. The van der Waals surface area contributed by atoms with Crippen molar-refractivity contribution in [3.05, 3.63) is 70.0 Å². The number of carbonyl (C=O) groups is 2. The number of amides is 1. The summed E-state index contributed by atoms with van der Waals surface area (Å²) in [7, 11) is 1.37. The first-order valence-corrected chi connectivity index (χ1v) is 10.8. The Balaban J connectivity index is 1.57. The van der Waals surface area contributed by atoms with Gasteiger partial charge in [-0.25, -0.2) is 4.68 Å². The van der Waals surface area contributed by atoms with E-state index >= 15 is 0 Å². The van der Waals surface area contributed by atoms with E-state index in [9.17, 15) is 9.59 Å². The van der Waals surface area contributed by atoms with E-state index < -0.39 is 5.41 Å². The molecule has 0 atom stereocenters. The van der Waals surface area contributed by atoms with E-state index in [2.05, 4.69) is 31.6 Å². The van der Waals surface area contributed by atoms with Gasteiger partial charge in [0, 0.05) is 16.1 Å². The van der Waals surface area contributed by atoms with E-state index in [4.69, 9.17) is 4.74 Å². The molecule has 7 nitrogen and oxygen atoms in total. The number of rotatable bonds is 6. The lowest BCUT2D eigenvalue weighted by molar-refractivity contribution is -0.146. The Kier molecular flexibility index (Phi) is 5.66. The van der Waals surface area contributed by atoms with Crippen LogP contribution in [0, 0.1) is 0 Å². The third kappa shape index (κ3) is 4.25. The SMILES string of the molecule is COC(=O)C(C)(C)c1ccc(NC(=O)c2nnn(-c3ccc(Br)cc3)c2C2CC2)cc1. The zero-order valence-electron chi connectivity index (χ0n) is 17.6. The summed E-state index contributed by atoms with van der Waals surface area (Å²) in [5, 5.41) is 11.3. The summed E-state index contributed by atoms with van der Waals surface area (Å²) >= 11 is 3.44. The van der Waals surface area contributed by atoms with Crippen LogP contribution in [0.4, 0.5) is 5.69 Å². The van der Waals surface area contributed by atoms with Crippen LogP contribution in [0.3, 0.4) is 0 Å². The molecule has 1 aliphatic rings. The van der Waals surface area contributed by atoms with Gasteiger partial charge in [-0.1, -0.05) is 33.3 Å². The molecule has 1 heterocycles. The van der Waals surface area contributed by atoms with Crippen LogP contribution >= 0.6 is 15.9 Å². The molecule has 0 bridgehead atoms. The van der Waals surface area contributed by atoms with Crippen molar-refractivity contribution < 1.29 is 14.3 Å². The summed E-state index contributed by atoms with van der Waals surface area (Å²) in [6.45, 7) is 3.60. The average molecular weight is 483 g/mol. The molecule has 8 heteroatoms. The van der Waals surface area contributed by atoms with Crippen molar-refractivity contribution in [1.29, 1.82) is 0 Å². The van der Waals surface area contributed by atoms with Gasteiger partial charge in [0.2, 0.25) is 0 Å². The van der Waals surface area contributed by atoms with Crippen molar-refractivity contribution in [1.82, 2.24) is 15.0 Å². The van der Waals surface area contributed by atoms with E-state index in [0.717, 1.165) is 34.3 Å². The number of carbonyl (C=O) groups excluding carboxylic acids is 2. The second-order valence-electron chi connectivity index (χ2n) is 8.13. The van der Waals surface area contributed by atoms with Gasteiger partial charge < -0.3 is 10.1 Å². The fraction of sp³-hybridized carbons (Fsp3) is 0.304. The summed E-state index contributed by atoms with van der Waals surface area (Å²) in [6, 6.07) is 14.9. The predicted molar refractivity (Wildman–Crippen MR) is 120 cm³/mol. The van der Waals surface area contributed by atoms with Gasteiger partial charge in [0.15, 0.2) is 5.69 Å². The van der Waals surface area contributed by atoms with Crippen LogP contribution in [0.1, 0.15) is 54.4 Å². The Bertz CT molecular complexity index is 1120. The first kappa shape index (κ1) is 21.2. The summed E-state index contributed by atoms with van der Waals surface area (Å²) in [4.78, 5) is 25.0. The molecule has 2 aromatic carbocycles. The lowest BCUT2D eigenvalue weighted by atomic mass is 9.85. The van der Waals surface area contributed by atoms with E-state index in [-0.39, 0.29) is 17.8 Å². The number of halogens is 1. The number of benzene rings is 2. The van der Waals surface area contributed by atoms with Crippen LogP contribution in [0.15, 0.2) is 53.0 Å². The smallest absolute Gasteiger partial charge is 0.315 e. The average Bonchev–Trinajstić information content (AvgIpc) is 3.51. The number of ether oxygens (including phenoxy) is 1. The zero-order valence-corrected chi connectivity index (χ0v) is 19.1. The molecule has 1 aliphatic carbocycles. The van der Waals surface area contributed by atoms with Crippen molar-refractivity contribution >= 4 is 33.5 Å². The number of aromatic nitrogens is 3. The van der Waals surface area contributed by atoms with Crippen LogP contribution in [0.25, 0.3) is 5.69 Å². The van der Waals surface area contributed by atoms with Crippen molar-refractivity contribution in [3.63, 3.8) is 0 Å². The Labute approximate surface area is 188 Å². The molecule has 1 N–H and O–H groups in total. The Morgan fingerprint density at radius 3 is 2.32 bits per heavy atom. The molecule has 1 aromatic heterocycles. The standard InChI is InChI=1S/C23H23BrN4O3/c1-23(2,22(30)31-3)15-6-10-17(11-7-15)25-21(29)19-20(14-4-5-14)28(27-26-19)18-12-8-16(24)9-13-18/h6-14H,4-5H2,1-3H3,(H,25,29). The fourth-order valence-electron chi connectivity index (χ4n) is 3.48. The van der Waals surface area contributed by atoms with Gasteiger partial charge in [-0.3, -0.25) is 9.59 Å². The molecule has 0 unspecified atom stereocenters. The van der Waals surface area contributed by atoms with Crippen LogP contribution in [-0.4, -0.2) is 34.0 Å². The van der Waals surface area contributed by atoms with Gasteiger partial charge in [-0.15, -0.1) is 5.10 Å². The zero-order chi connectivity index (χ0) is 22.2. The summed E-state index contributed by atoms with van der Waals surface area (Å²) in [5.41, 5.74) is 2.69. The maximum atomic E-state index is 13.0. The molecule has 4 rings (SSSR count). The molecule has 0 saturated heterocycles. The van der Waals surface area contributed by atoms with Gasteiger partial charge >= 0.3 is 5.97 Å². The lowest BCUT2D eigenvalue weighted by Gasteiger charge is -2.22. The number of esters is 1. The van der Waals surface area contributed by atoms with Crippen LogP contribution in [-0.2, 0) is 14.9 Å². The highest BCUT2D eigenvalue weighted by Gasteiger charge is 2.34. The lowest BCUT2D eigenvalue weighted by Crippen LogP contribution is -2.30. The number of nitrogens with one attached hydrogen (secondary N) is 1. The molecule has 3 aromatic rings. The number of nitrogens with zero attached hydrogens (tertiary/aromatic N) is 3. The number of hydrogen-bond donors (Lipinski definition) is 1. The first-order chi connectivity index (χ1) is 14.8. The second kappa shape index (κ2) is 8.26. The highest BCUT2D eigenvalue weighted by Crippen LogP contribution is 2.42. The van der Waals surface area contributed by atoms with E-state index in [1.165, 1.54) is 7.11 Å². The van der Waals surface area contributed by atoms with Crippen molar-refractivity contribution in [2.45, 2.75) is 38.0 Å². The van der Waals surface area contributed by atoms with Gasteiger partial charge in [-0.05, 0) is 68.7 Å². The topological polar surface area (TPSA) is 86.1 Å². The fourth-order valence-corrected chi connectivity index (χ4v) is 3.74. The highest BCUT2D eigenvalue weighted by atomic mass is 79.9. The highest BCUT2D eigenvalue weighted by molar-refractivity contribution is 9.10. The van der Waals surface area contributed by atoms with E-state index in [1.54, 1.807) is 30.7 Å². The maximum Gasteiger partial charge on any atom is 0.315 e. The third-order valence-corrected chi connectivity index (χ3v) is 6.04. The number of methoxy groups -OCH3 is 1. The Hall–Kier alpha value is -3.00. The molecule has 31 heavy (non-hydrogen) atoms. The Morgan fingerprint density at radius 2 is 1.74 bits per heavy atom. The van der Waals surface area contributed by atoms with Crippen LogP contribution in [0.5, 0.6) is 0 Å². The molecule has 0 radical (unpaired) electrons. The molecule has 1 saturated carbocycles. The second-order valence-corrected chi connectivity index (χ2v) is 9.05. The maximum absolute atomic E-state index is 13.0. The van der Waals surface area contributed by atoms with Crippen molar-refractivity contribution in [3.8, 4) is 5.69 Å². The van der Waals surface area contributed by atoms with Gasteiger partial charge in [0.05, 0.1) is 23.9 Å². The molecular formula is C23H23BrN4O3. The third-order valence-electron chi connectivity index (χ3n) is 5.52. The molecule has 160 valence electrons. The minimum Gasteiger partial charge on any atom is -0.468 e. The molecule has 0 spiro atoms. The summed E-state index contributed by atoms with van der Waals surface area (Å²) < 4.78 is 7.60. The predicted octanol–water partition coefficient (Wildman–Crippen LogP) is 4.61. The number of hydrogen-bond acceptors (Lipinski definition) is 5. The minimum atomic E-state index is -0.774. The molecule has 0 aliphatic heterocycles. The van der Waals surface area contributed by atoms with Gasteiger partial charge in [-0.2, -0.15) is 0 Å². The van der Waals surface area contributed by atoms with Gasteiger partial charge in [0.1, 0.15) is 0 Å². The Morgan fingerprint density at radius 1 is 1.10 bits per heavy atom. The summed E-state index contributed by atoms with van der Waals surface area (Å²) in [6.07, 6.45) is 2.03. The monoisotopic (exact) mass is 482 g/mol. The first-order valence-electron chi connectivity index (χ1n) is 10.0. The largest absolute Gasteiger partial charge is 0.468 e. The van der Waals surface area contributed by atoms with E-state index in [1.807, 2.05) is 36.4 Å².